The molecule has 1 saturated heterocycles. The molecule has 9 heteroatoms. The Morgan fingerprint density at radius 1 is 1.22 bits per heavy atom. The highest BCUT2D eigenvalue weighted by Gasteiger charge is 2.31. The minimum Gasteiger partial charge on any atom is -0.336 e. The predicted octanol–water partition coefficient (Wildman–Crippen LogP) is 0.127. The maximum Gasteiger partial charge on any atom is 0.281 e. The highest BCUT2D eigenvalue weighted by Crippen LogP contribution is 2.19. The van der Waals surface area contributed by atoms with Crippen LogP contribution in [0.1, 0.15) is 10.4 Å². The molecule has 1 aliphatic heterocycles. The lowest BCUT2D eigenvalue weighted by atomic mass is 10.1. The number of carbonyl (C=O) groups excluding carboxylic acids is 1. The van der Waals surface area contributed by atoms with E-state index in [0.29, 0.717) is 37.3 Å². The lowest BCUT2D eigenvalue weighted by Crippen LogP contribution is -2.53. The minimum absolute atomic E-state index is 0.109. The Kier molecular flexibility index (Phi) is 4.09. The Hall–Kier alpha value is -1.97. The number of H-pyrrole nitrogens is 1. The van der Waals surface area contributed by atoms with E-state index in [1.807, 2.05) is 12.1 Å². The Labute approximate surface area is 134 Å². The van der Waals surface area contributed by atoms with Gasteiger partial charge in [0.15, 0.2) is 0 Å². The lowest BCUT2D eigenvalue weighted by molar-refractivity contribution is 0.0697. The number of carbonyl (C=O) groups is 1. The highest BCUT2D eigenvalue weighted by atomic mass is 32.2. The van der Waals surface area contributed by atoms with Gasteiger partial charge in [-0.3, -0.25) is 9.89 Å². The normalized spacial score (nSPS) is 17.1. The Bertz CT molecular complexity index is 822. The van der Waals surface area contributed by atoms with Crippen LogP contribution in [0.4, 0.5) is 0 Å². The van der Waals surface area contributed by atoms with Crippen molar-refractivity contribution in [3.63, 3.8) is 0 Å². The zero-order chi connectivity index (χ0) is 16.6. The van der Waals surface area contributed by atoms with Crippen LogP contribution >= 0.6 is 0 Å². The van der Waals surface area contributed by atoms with Crippen LogP contribution in [0, 0.1) is 0 Å². The van der Waals surface area contributed by atoms with E-state index in [2.05, 4.69) is 10.2 Å². The third-order valence-corrected chi connectivity index (χ3v) is 5.96. The molecule has 1 amide bonds. The number of nitrogens with zero attached hydrogens (tertiary/aromatic N) is 4. The van der Waals surface area contributed by atoms with Crippen LogP contribution in [0.5, 0.6) is 0 Å². The van der Waals surface area contributed by atoms with E-state index in [1.165, 1.54) is 22.7 Å². The van der Waals surface area contributed by atoms with Gasteiger partial charge in [0.1, 0.15) is 0 Å². The second kappa shape index (κ2) is 5.91. The molecule has 0 spiro atoms. The molecule has 3 rings (SSSR count). The van der Waals surface area contributed by atoms with Crippen LogP contribution in [0.3, 0.4) is 0 Å². The number of amides is 1. The summed E-state index contributed by atoms with van der Waals surface area (Å²) in [6, 6.07) is 5.46. The minimum atomic E-state index is -3.43. The van der Waals surface area contributed by atoms with Crippen LogP contribution in [0.15, 0.2) is 24.4 Å². The van der Waals surface area contributed by atoms with Gasteiger partial charge in [0.25, 0.3) is 16.1 Å². The van der Waals surface area contributed by atoms with Gasteiger partial charge in [-0.1, -0.05) is 12.1 Å². The van der Waals surface area contributed by atoms with Crippen molar-refractivity contribution < 1.29 is 13.2 Å². The first-order valence-corrected chi connectivity index (χ1v) is 8.70. The fourth-order valence-electron chi connectivity index (χ4n) is 2.67. The molecule has 1 aromatic heterocycles. The molecular formula is C14H19N5O3S. The molecule has 0 unspecified atom stereocenters. The average Bonchev–Trinajstić information content (AvgIpc) is 3.02. The van der Waals surface area contributed by atoms with Crippen LogP contribution in [-0.4, -0.2) is 78.3 Å². The number of para-hydroxylation sites is 1. The average molecular weight is 337 g/mol. The van der Waals surface area contributed by atoms with Gasteiger partial charge in [-0.2, -0.15) is 22.1 Å². The van der Waals surface area contributed by atoms with Gasteiger partial charge in [0.2, 0.25) is 0 Å². The molecule has 1 aliphatic rings. The van der Waals surface area contributed by atoms with Crippen molar-refractivity contribution in [3.05, 3.63) is 30.0 Å². The van der Waals surface area contributed by atoms with Crippen LogP contribution in [0.25, 0.3) is 10.9 Å². The number of aromatic amines is 1. The predicted molar refractivity (Wildman–Crippen MR) is 86.2 cm³/mol. The van der Waals surface area contributed by atoms with E-state index < -0.39 is 10.2 Å². The van der Waals surface area contributed by atoms with E-state index in [4.69, 9.17) is 0 Å². The summed E-state index contributed by atoms with van der Waals surface area (Å²) in [6.45, 7) is 1.34. The second-order valence-electron chi connectivity index (χ2n) is 5.62. The summed E-state index contributed by atoms with van der Waals surface area (Å²) >= 11 is 0. The van der Waals surface area contributed by atoms with Crippen LogP contribution < -0.4 is 0 Å². The molecule has 23 heavy (non-hydrogen) atoms. The number of rotatable bonds is 3. The van der Waals surface area contributed by atoms with Crippen molar-refractivity contribution in [2.24, 2.45) is 0 Å². The van der Waals surface area contributed by atoms with Crippen molar-refractivity contribution in [1.29, 1.82) is 0 Å². The fraction of sp³-hybridized carbons (Fsp3) is 0.429. The van der Waals surface area contributed by atoms with E-state index in [1.54, 1.807) is 17.2 Å². The van der Waals surface area contributed by atoms with Gasteiger partial charge >= 0.3 is 0 Å². The molecule has 0 aliphatic carbocycles. The van der Waals surface area contributed by atoms with E-state index in [0.717, 1.165) is 5.39 Å². The van der Waals surface area contributed by atoms with Gasteiger partial charge in [-0.05, 0) is 6.07 Å². The maximum atomic E-state index is 12.7. The van der Waals surface area contributed by atoms with E-state index in [-0.39, 0.29) is 5.91 Å². The second-order valence-corrected chi connectivity index (χ2v) is 7.76. The summed E-state index contributed by atoms with van der Waals surface area (Å²) < 4.78 is 26.8. The lowest BCUT2D eigenvalue weighted by Gasteiger charge is -2.35. The zero-order valence-corrected chi connectivity index (χ0v) is 13.9. The molecule has 0 atom stereocenters. The quantitative estimate of drug-likeness (QED) is 0.862. The molecule has 1 fully saturated rings. The van der Waals surface area contributed by atoms with Crippen molar-refractivity contribution in [3.8, 4) is 0 Å². The Morgan fingerprint density at radius 3 is 2.57 bits per heavy atom. The van der Waals surface area contributed by atoms with Crippen molar-refractivity contribution in [2.75, 3.05) is 40.3 Å². The number of hydrogen-bond acceptors (Lipinski definition) is 4. The van der Waals surface area contributed by atoms with Crippen molar-refractivity contribution in [2.45, 2.75) is 0 Å². The largest absolute Gasteiger partial charge is 0.336 e. The standard InChI is InChI=1S/C14H19N5O3S/c1-17(2)23(21,22)19-8-6-18(7-9-19)14(20)12-5-3-4-11-10-15-16-13(11)12/h3-5,10H,6-9H2,1-2H3,(H,15,16). The summed E-state index contributed by atoms with van der Waals surface area (Å²) in [6.07, 6.45) is 1.67. The van der Waals surface area contributed by atoms with Gasteiger partial charge in [0, 0.05) is 45.7 Å². The first-order valence-electron chi connectivity index (χ1n) is 7.30. The van der Waals surface area contributed by atoms with Gasteiger partial charge in [-0.15, -0.1) is 0 Å². The molecule has 1 aromatic carbocycles. The number of hydrogen-bond donors (Lipinski definition) is 1. The smallest absolute Gasteiger partial charge is 0.281 e. The molecule has 2 aromatic rings. The fourth-order valence-corrected chi connectivity index (χ4v) is 3.76. The molecule has 1 N–H and O–H groups in total. The molecular weight excluding hydrogens is 318 g/mol. The Morgan fingerprint density at radius 2 is 1.91 bits per heavy atom. The summed E-state index contributed by atoms with van der Waals surface area (Å²) in [4.78, 5) is 14.4. The van der Waals surface area contributed by atoms with Gasteiger partial charge in [-0.25, -0.2) is 0 Å². The summed E-state index contributed by atoms with van der Waals surface area (Å²) in [5.41, 5.74) is 1.27. The highest BCUT2D eigenvalue weighted by molar-refractivity contribution is 7.86. The number of fused-ring (bicyclic) bond motifs is 1. The van der Waals surface area contributed by atoms with Crippen LogP contribution in [0.2, 0.25) is 0 Å². The molecule has 0 bridgehead atoms. The first kappa shape index (κ1) is 15.9. The van der Waals surface area contributed by atoms with E-state index in [9.17, 15) is 13.2 Å². The van der Waals surface area contributed by atoms with E-state index >= 15 is 0 Å². The number of piperazine rings is 1. The third kappa shape index (κ3) is 2.82. The van der Waals surface area contributed by atoms with Gasteiger partial charge in [0.05, 0.1) is 17.3 Å². The topological polar surface area (TPSA) is 89.6 Å². The molecule has 0 radical (unpaired) electrons. The van der Waals surface area contributed by atoms with Crippen molar-refractivity contribution >= 4 is 27.0 Å². The zero-order valence-electron chi connectivity index (χ0n) is 13.1. The van der Waals surface area contributed by atoms with Crippen molar-refractivity contribution in [1.82, 2.24) is 23.7 Å². The number of benzene rings is 1. The summed E-state index contributed by atoms with van der Waals surface area (Å²) in [7, 11) is -0.415. The first-order chi connectivity index (χ1) is 10.9. The molecule has 0 saturated carbocycles. The molecule has 2 heterocycles. The number of nitrogens with one attached hydrogen (secondary N) is 1. The monoisotopic (exact) mass is 337 g/mol. The Balaban J connectivity index is 1.75. The third-order valence-electron chi connectivity index (χ3n) is 4.02. The van der Waals surface area contributed by atoms with Gasteiger partial charge < -0.3 is 4.90 Å². The van der Waals surface area contributed by atoms with Crippen LogP contribution in [-0.2, 0) is 10.2 Å². The number of aromatic nitrogens is 2. The summed E-state index contributed by atoms with van der Waals surface area (Å²) in [5, 5.41) is 7.69. The summed E-state index contributed by atoms with van der Waals surface area (Å²) in [5.74, 6) is -0.109. The SMILES string of the molecule is CN(C)S(=O)(=O)N1CCN(C(=O)c2cccc3cn[nH]c23)CC1. The maximum absolute atomic E-state index is 12.7. The molecule has 8 nitrogen and oxygen atoms in total. The molecule has 124 valence electrons.